The van der Waals surface area contributed by atoms with Gasteiger partial charge in [0.1, 0.15) is 24.4 Å². The van der Waals surface area contributed by atoms with E-state index in [9.17, 15) is 30.3 Å². The summed E-state index contributed by atoms with van der Waals surface area (Å²) < 4.78 is 11.2. The number of unbranched alkanes of at least 4 members (excludes halogenated alkanes) is 24. The number of carbonyl (C=O) groups is 1. The van der Waals surface area contributed by atoms with Gasteiger partial charge in [-0.3, -0.25) is 4.79 Å². The Hall–Kier alpha value is -3.15. The number of hydrogen-bond donors (Lipinski definition) is 6. The first-order chi connectivity index (χ1) is 36.3. The Bertz CT molecular complexity index is 1530. The van der Waals surface area contributed by atoms with Crippen LogP contribution < -0.4 is 5.32 Å². The molecule has 0 spiro atoms. The first-order valence-corrected chi connectivity index (χ1v) is 30.1. The molecule has 1 fully saturated rings. The van der Waals surface area contributed by atoms with Crippen LogP contribution >= 0.6 is 0 Å². The molecule has 424 valence electrons. The Morgan fingerprint density at radius 3 is 1.30 bits per heavy atom. The van der Waals surface area contributed by atoms with Crippen molar-refractivity contribution >= 4 is 5.91 Å². The van der Waals surface area contributed by atoms with E-state index >= 15 is 0 Å². The zero-order chi connectivity index (χ0) is 53.6. The Morgan fingerprint density at radius 1 is 0.473 bits per heavy atom. The van der Waals surface area contributed by atoms with E-state index in [0.29, 0.717) is 6.42 Å². The Balaban J connectivity index is 2.12. The van der Waals surface area contributed by atoms with E-state index in [1.807, 2.05) is 6.08 Å². The first-order valence-electron chi connectivity index (χ1n) is 30.1. The maximum atomic E-state index is 13.0. The minimum atomic E-state index is -1.58. The SMILES string of the molecule is CC/C=C\C/C=C\C/C=C\C/C=C\C/C=C\C/C=C\CCCCCCCCCCCCCCCCCCCCC(=O)NC(COC1OC(CO)C(O)C(O)C1O)C(O)/C=C/CC/C=C/CC/C=C/CCCCCC. The molecule has 0 bridgehead atoms. The summed E-state index contributed by atoms with van der Waals surface area (Å²) in [5, 5.41) is 54.4. The summed E-state index contributed by atoms with van der Waals surface area (Å²) in [7, 11) is 0. The van der Waals surface area contributed by atoms with Crippen molar-refractivity contribution in [3.8, 4) is 0 Å². The second-order valence-corrected chi connectivity index (χ2v) is 20.4. The molecule has 74 heavy (non-hydrogen) atoms. The first kappa shape index (κ1) is 68.9. The maximum Gasteiger partial charge on any atom is 0.220 e. The summed E-state index contributed by atoms with van der Waals surface area (Å²) in [4.78, 5) is 13.0. The van der Waals surface area contributed by atoms with Gasteiger partial charge in [0.15, 0.2) is 6.29 Å². The molecule has 1 aliphatic heterocycles. The Labute approximate surface area is 453 Å². The van der Waals surface area contributed by atoms with Crippen molar-refractivity contribution < 1.29 is 39.8 Å². The zero-order valence-corrected chi connectivity index (χ0v) is 47.1. The number of carbonyl (C=O) groups excluding carboxylic acids is 1. The molecule has 1 saturated heterocycles. The molecule has 7 unspecified atom stereocenters. The van der Waals surface area contributed by atoms with E-state index in [1.165, 1.54) is 128 Å². The van der Waals surface area contributed by atoms with Gasteiger partial charge in [-0.1, -0.05) is 245 Å². The summed E-state index contributed by atoms with van der Waals surface area (Å²) in [5.41, 5.74) is 0. The summed E-state index contributed by atoms with van der Waals surface area (Å²) in [6.07, 6.45) is 71.7. The maximum absolute atomic E-state index is 13.0. The number of ether oxygens (including phenoxy) is 2. The average molecular weight is 1030 g/mol. The molecular weight excluding hydrogens is 923 g/mol. The fourth-order valence-electron chi connectivity index (χ4n) is 8.84. The van der Waals surface area contributed by atoms with E-state index in [0.717, 1.165) is 89.9 Å². The molecule has 7 atom stereocenters. The van der Waals surface area contributed by atoms with Crippen LogP contribution in [0.25, 0.3) is 0 Å². The van der Waals surface area contributed by atoms with Gasteiger partial charge < -0.3 is 40.3 Å². The lowest BCUT2D eigenvalue weighted by Gasteiger charge is -2.40. The van der Waals surface area contributed by atoms with Crippen LogP contribution in [-0.2, 0) is 14.3 Å². The summed E-state index contributed by atoms with van der Waals surface area (Å²) >= 11 is 0. The normalized spacial score (nSPS) is 19.8. The molecule has 0 saturated carbocycles. The van der Waals surface area contributed by atoms with Crippen molar-refractivity contribution in [1.82, 2.24) is 5.32 Å². The van der Waals surface area contributed by atoms with Crippen molar-refractivity contribution in [2.75, 3.05) is 13.2 Å². The predicted octanol–water partition coefficient (Wildman–Crippen LogP) is 15.3. The minimum absolute atomic E-state index is 0.193. The van der Waals surface area contributed by atoms with Gasteiger partial charge >= 0.3 is 0 Å². The number of amides is 1. The van der Waals surface area contributed by atoms with Gasteiger partial charge in [0.05, 0.1) is 25.4 Å². The molecule has 9 heteroatoms. The van der Waals surface area contributed by atoms with Crippen LogP contribution in [0.2, 0.25) is 0 Å². The molecule has 1 amide bonds. The molecular formula is C65H111NO8. The number of allylic oxidation sites excluding steroid dienone is 17. The van der Waals surface area contributed by atoms with Crippen molar-refractivity contribution in [3.05, 3.63) is 109 Å². The highest BCUT2D eigenvalue weighted by molar-refractivity contribution is 5.76. The van der Waals surface area contributed by atoms with Crippen LogP contribution in [0.5, 0.6) is 0 Å². The van der Waals surface area contributed by atoms with Crippen LogP contribution in [0.15, 0.2) is 109 Å². The molecule has 0 aromatic rings. The molecule has 6 N–H and O–H groups in total. The summed E-state index contributed by atoms with van der Waals surface area (Å²) in [5.74, 6) is -0.193. The molecule has 9 nitrogen and oxygen atoms in total. The number of nitrogens with one attached hydrogen (secondary N) is 1. The van der Waals surface area contributed by atoms with Gasteiger partial charge in [0.25, 0.3) is 0 Å². The monoisotopic (exact) mass is 1030 g/mol. The van der Waals surface area contributed by atoms with Crippen molar-refractivity contribution in [2.24, 2.45) is 0 Å². The van der Waals surface area contributed by atoms with Gasteiger partial charge in [-0.2, -0.15) is 0 Å². The highest BCUT2D eigenvalue weighted by atomic mass is 16.7. The van der Waals surface area contributed by atoms with E-state index in [2.05, 4.69) is 116 Å². The lowest BCUT2D eigenvalue weighted by Crippen LogP contribution is -2.60. The predicted molar refractivity (Wildman–Crippen MR) is 313 cm³/mol. The Morgan fingerprint density at radius 2 is 0.851 bits per heavy atom. The van der Waals surface area contributed by atoms with Crippen LogP contribution in [0.1, 0.15) is 239 Å². The van der Waals surface area contributed by atoms with Crippen LogP contribution in [0, 0.1) is 0 Å². The fraction of sp³-hybridized carbons (Fsp3) is 0.708. The van der Waals surface area contributed by atoms with Gasteiger partial charge in [0, 0.05) is 6.42 Å². The molecule has 0 aromatic carbocycles. The Kier molecular flexibility index (Phi) is 49.6. The molecule has 1 heterocycles. The van der Waals surface area contributed by atoms with Gasteiger partial charge in [-0.05, 0) is 96.3 Å². The second-order valence-electron chi connectivity index (χ2n) is 20.4. The topological polar surface area (TPSA) is 149 Å². The molecule has 0 aromatic heterocycles. The molecule has 0 radical (unpaired) electrons. The number of rotatable bonds is 50. The minimum Gasteiger partial charge on any atom is -0.394 e. The standard InChI is InChI=1S/C65H111NO8/c1-3-5-7-9-11-13-15-17-19-20-21-22-23-24-25-26-27-28-29-30-31-32-33-34-35-36-37-38-39-40-41-43-45-47-49-51-53-55-61(69)66-58(57-73-65-64(72)63(71)62(70)60(56-67)74-65)59(68)54-52-50-48-46-44-42-18-16-14-12-10-8-6-4-2/h5,7,11,13-14,16-17,19,21-22,24-25,27-28,44,46,52,54,58-60,62-65,67-68,70-72H,3-4,6,8-10,12,15,18,20,23,26,29-43,45,47-51,53,55-57H2,1-2H3,(H,66,69)/b7-5-,13-11-,16-14+,19-17-,22-21-,25-24-,28-27-,46-44+,54-52+. The zero-order valence-electron chi connectivity index (χ0n) is 47.1. The number of aliphatic hydroxyl groups is 5. The lowest BCUT2D eigenvalue weighted by atomic mass is 9.99. The number of aliphatic hydroxyl groups excluding tert-OH is 5. The van der Waals surface area contributed by atoms with Crippen LogP contribution in [0.3, 0.4) is 0 Å². The molecule has 1 aliphatic rings. The third-order valence-electron chi connectivity index (χ3n) is 13.6. The van der Waals surface area contributed by atoms with E-state index < -0.39 is 49.5 Å². The smallest absolute Gasteiger partial charge is 0.220 e. The lowest BCUT2D eigenvalue weighted by molar-refractivity contribution is -0.302. The third-order valence-corrected chi connectivity index (χ3v) is 13.6. The second kappa shape index (κ2) is 53.3. The summed E-state index contributed by atoms with van der Waals surface area (Å²) in [6.45, 7) is 3.61. The molecule has 0 aliphatic carbocycles. The molecule has 1 rings (SSSR count). The summed E-state index contributed by atoms with van der Waals surface area (Å²) in [6, 6.07) is -0.832. The van der Waals surface area contributed by atoms with E-state index in [-0.39, 0.29) is 12.5 Å². The number of hydrogen-bond acceptors (Lipinski definition) is 8. The van der Waals surface area contributed by atoms with Gasteiger partial charge in [-0.25, -0.2) is 0 Å². The van der Waals surface area contributed by atoms with Crippen LogP contribution in [-0.4, -0.2) is 87.5 Å². The average Bonchev–Trinajstić information content (AvgIpc) is 3.40. The quantitative estimate of drug-likeness (QED) is 0.0261. The van der Waals surface area contributed by atoms with Crippen molar-refractivity contribution in [2.45, 2.75) is 281 Å². The van der Waals surface area contributed by atoms with E-state index in [4.69, 9.17) is 9.47 Å². The largest absolute Gasteiger partial charge is 0.394 e. The van der Waals surface area contributed by atoms with Crippen molar-refractivity contribution in [1.29, 1.82) is 0 Å². The van der Waals surface area contributed by atoms with Gasteiger partial charge in [0.2, 0.25) is 5.91 Å². The van der Waals surface area contributed by atoms with E-state index in [1.54, 1.807) is 6.08 Å². The fourth-order valence-corrected chi connectivity index (χ4v) is 8.84. The van der Waals surface area contributed by atoms with Crippen LogP contribution in [0.4, 0.5) is 0 Å². The van der Waals surface area contributed by atoms with Gasteiger partial charge in [-0.15, -0.1) is 0 Å². The third kappa shape index (κ3) is 42.0. The highest BCUT2D eigenvalue weighted by Gasteiger charge is 2.44. The highest BCUT2D eigenvalue weighted by Crippen LogP contribution is 2.23. The van der Waals surface area contributed by atoms with Crippen molar-refractivity contribution in [3.63, 3.8) is 0 Å².